The van der Waals surface area contributed by atoms with E-state index in [-0.39, 0.29) is 27.9 Å². The van der Waals surface area contributed by atoms with E-state index >= 15 is 0 Å². The van der Waals surface area contributed by atoms with Crippen LogP contribution in [-0.2, 0) is 6.54 Å². The lowest BCUT2D eigenvalue weighted by atomic mass is 10.2. The van der Waals surface area contributed by atoms with E-state index in [0.29, 0.717) is 23.1 Å². The zero-order valence-electron chi connectivity index (χ0n) is 15.9. The third-order valence-corrected chi connectivity index (χ3v) is 6.21. The van der Waals surface area contributed by atoms with Gasteiger partial charge in [-0.05, 0) is 31.5 Å². The van der Waals surface area contributed by atoms with Gasteiger partial charge in [0.05, 0.1) is 5.02 Å². The van der Waals surface area contributed by atoms with E-state index in [1.807, 2.05) is 6.92 Å². The number of amides is 1. The number of unbranched alkanes of at least 4 members (excludes halogenated alkanes) is 1. The van der Waals surface area contributed by atoms with Crippen molar-refractivity contribution in [3.63, 3.8) is 0 Å². The number of H-pyrrole nitrogens is 1. The number of carbonyl (C=O) groups excluding carboxylic acids is 1. The maximum absolute atomic E-state index is 13.5. The number of nitrogens with zero attached hydrogens (tertiary/aromatic N) is 2. The molecular formula is C19H20ClFN4O3S. The molecule has 0 bridgehead atoms. The van der Waals surface area contributed by atoms with Crippen LogP contribution < -0.4 is 21.9 Å². The molecule has 10 heteroatoms. The number of benzene rings is 1. The number of aromatic amines is 1. The number of rotatable bonds is 6. The Morgan fingerprint density at radius 3 is 2.72 bits per heavy atom. The number of aromatic nitrogens is 2. The van der Waals surface area contributed by atoms with E-state index in [4.69, 9.17) is 17.3 Å². The van der Waals surface area contributed by atoms with Crippen LogP contribution in [0.2, 0.25) is 5.02 Å². The lowest BCUT2D eigenvalue weighted by molar-refractivity contribution is 0.0992. The lowest BCUT2D eigenvalue weighted by Gasteiger charge is -2.22. The average molecular weight is 439 g/mol. The number of nitrogen functional groups attached to an aromatic ring is 1. The van der Waals surface area contributed by atoms with Gasteiger partial charge in [-0.25, -0.2) is 9.18 Å². The second kappa shape index (κ2) is 8.38. The number of fused-ring (bicyclic) bond motifs is 1. The first kappa shape index (κ1) is 21.1. The fourth-order valence-corrected chi connectivity index (χ4v) is 4.56. The van der Waals surface area contributed by atoms with Crippen molar-refractivity contribution in [2.75, 3.05) is 17.2 Å². The Labute approximate surface area is 174 Å². The Balaban J connectivity index is 2.13. The summed E-state index contributed by atoms with van der Waals surface area (Å²) in [6.07, 6.45) is 1.51. The van der Waals surface area contributed by atoms with E-state index in [2.05, 4.69) is 4.98 Å². The Kier molecular flexibility index (Phi) is 6.09. The van der Waals surface area contributed by atoms with Crippen molar-refractivity contribution in [1.82, 2.24) is 9.55 Å². The van der Waals surface area contributed by atoms with Gasteiger partial charge >= 0.3 is 5.69 Å². The number of nitrogens with two attached hydrogens (primary N) is 1. The Morgan fingerprint density at radius 1 is 1.34 bits per heavy atom. The molecule has 0 fully saturated rings. The number of halogens is 2. The maximum atomic E-state index is 13.5. The number of carbonyl (C=O) groups is 1. The van der Waals surface area contributed by atoms with Crippen molar-refractivity contribution in [2.45, 2.75) is 33.2 Å². The van der Waals surface area contributed by atoms with Crippen LogP contribution in [0.5, 0.6) is 0 Å². The van der Waals surface area contributed by atoms with Gasteiger partial charge < -0.3 is 5.73 Å². The fourth-order valence-electron chi connectivity index (χ4n) is 3.08. The fraction of sp³-hybridized carbons (Fsp3) is 0.316. The van der Waals surface area contributed by atoms with Crippen molar-refractivity contribution >= 4 is 50.4 Å². The number of hydrogen-bond donors (Lipinski definition) is 2. The summed E-state index contributed by atoms with van der Waals surface area (Å²) in [7, 11) is 0. The van der Waals surface area contributed by atoms with Crippen LogP contribution >= 0.6 is 22.9 Å². The van der Waals surface area contributed by atoms with Crippen LogP contribution in [0.4, 0.5) is 15.9 Å². The monoisotopic (exact) mass is 438 g/mol. The molecular weight excluding hydrogens is 419 g/mol. The van der Waals surface area contributed by atoms with Crippen molar-refractivity contribution in [3.05, 3.63) is 54.8 Å². The number of nitrogens with one attached hydrogen (secondary N) is 1. The number of thiophene rings is 1. The minimum Gasteiger partial charge on any atom is -0.383 e. The first-order valence-electron chi connectivity index (χ1n) is 9.12. The SMILES string of the molecule is CCCCn1c(N)c(N(CC)C(=O)c2sc3cc(F)ccc3c2Cl)c(=O)[nH]c1=O. The number of hydrogen-bond acceptors (Lipinski definition) is 5. The third kappa shape index (κ3) is 3.79. The van der Waals surface area contributed by atoms with Gasteiger partial charge in [0.15, 0.2) is 5.69 Å². The zero-order valence-corrected chi connectivity index (χ0v) is 17.5. The Bertz CT molecular complexity index is 1200. The minimum atomic E-state index is -0.751. The van der Waals surface area contributed by atoms with Crippen molar-refractivity contribution in [3.8, 4) is 0 Å². The molecule has 154 valence electrons. The number of anilines is 2. The highest BCUT2D eigenvalue weighted by Gasteiger charge is 2.27. The molecule has 3 rings (SSSR count). The molecule has 2 heterocycles. The molecule has 3 N–H and O–H groups in total. The molecule has 29 heavy (non-hydrogen) atoms. The van der Waals surface area contributed by atoms with E-state index in [1.54, 1.807) is 6.92 Å². The zero-order chi connectivity index (χ0) is 21.3. The quantitative estimate of drug-likeness (QED) is 0.614. The van der Waals surface area contributed by atoms with Crippen LogP contribution in [0, 0.1) is 5.82 Å². The molecule has 1 aromatic carbocycles. The van der Waals surface area contributed by atoms with Gasteiger partial charge in [-0.3, -0.25) is 24.0 Å². The van der Waals surface area contributed by atoms with E-state index in [0.717, 1.165) is 17.8 Å². The molecule has 2 aromatic heterocycles. The molecule has 0 aliphatic carbocycles. The molecule has 0 aliphatic rings. The highest BCUT2D eigenvalue weighted by molar-refractivity contribution is 7.21. The third-order valence-electron chi connectivity index (χ3n) is 4.57. The van der Waals surface area contributed by atoms with Gasteiger partial charge in [0.1, 0.15) is 16.5 Å². The molecule has 0 aliphatic heterocycles. The van der Waals surface area contributed by atoms with Crippen LogP contribution in [0.25, 0.3) is 10.1 Å². The summed E-state index contributed by atoms with van der Waals surface area (Å²) in [5.74, 6) is -1.06. The van der Waals surface area contributed by atoms with Crippen LogP contribution in [0.15, 0.2) is 27.8 Å². The summed E-state index contributed by atoms with van der Waals surface area (Å²) >= 11 is 7.40. The van der Waals surface area contributed by atoms with Crippen molar-refractivity contribution < 1.29 is 9.18 Å². The van der Waals surface area contributed by atoms with Crippen molar-refractivity contribution in [2.24, 2.45) is 0 Å². The average Bonchev–Trinajstić information content (AvgIpc) is 3.00. The second-order valence-corrected chi connectivity index (χ2v) is 7.86. The predicted molar refractivity (Wildman–Crippen MR) is 115 cm³/mol. The smallest absolute Gasteiger partial charge is 0.330 e. The van der Waals surface area contributed by atoms with E-state index < -0.39 is 23.0 Å². The topological polar surface area (TPSA) is 101 Å². The van der Waals surface area contributed by atoms with Gasteiger partial charge in [0.2, 0.25) is 0 Å². The normalized spacial score (nSPS) is 11.2. The summed E-state index contributed by atoms with van der Waals surface area (Å²) in [6, 6.07) is 4.06. The van der Waals surface area contributed by atoms with Gasteiger partial charge in [0.25, 0.3) is 11.5 Å². The van der Waals surface area contributed by atoms with Crippen LogP contribution in [0.1, 0.15) is 36.4 Å². The summed E-state index contributed by atoms with van der Waals surface area (Å²) in [5.41, 5.74) is 4.64. The molecule has 0 radical (unpaired) electrons. The standard InChI is InChI=1S/C19H20ClFN4O3S/c1-3-5-8-25-16(22)14(17(26)23-19(25)28)24(4-2)18(27)15-13(20)11-7-6-10(21)9-12(11)29-15/h6-7,9H,3-5,8,22H2,1-2H3,(H,23,26,28). The lowest BCUT2D eigenvalue weighted by Crippen LogP contribution is -2.41. The van der Waals surface area contributed by atoms with Crippen molar-refractivity contribution in [1.29, 1.82) is 0 Å². The highest BCUT2D eigenvalue weighted by Crippen LogP contribution is 2.37. The highest BCUT2D eigenvalue weighted by atomic mass is 35.5. The molecule has 0 saturated heterocycles. The minimum absolute atomic E-state index is 0.0781. The van der Waals surface area contributed by atoms with Gasteiger partial charge in [0, 0.05) is 23.2 Å². The summed E-state index contributed by atoms with van der Waals surface area (Å²) in [4.78, 5) is 41.4. The van der Waals surface area contributed by atoms with E-state index in [1.165, 1.54) is 27.7 Å². The Morgan fingerprint density at radius 2 is 2.07 bits per heavy atom. The first-order chi connectivity index (χ1) is 13.8. The molecule has 0 saturated carbocycles. The molecule has 3 aromatic rings. The molecule has 0 spiro atoms. The first-order valence-corrected chi connectivity index (χ1v) is 10.3. The van der Waals surface area contributed by atoms with Crippen LogP contribution in [0.3, 0.4) is 0 Å². The summed E-state index contributed by atoms with van der Waals surface area (Å²) in [5, 5.41) is 0.732. The summed E-state index contributed by atoms with van der Waals surface area (Å²) < 4.78 is 15.3. The Hall–Kier alpha value is -2.65. The molecule has 1 amide bonds. The molecule has 0 unspecified atom stereocenters. The summed E-state index contributed by atoms with van der Waals surface area (Å²) in [6.45, 7) is 4.08. The van der Waals surface area contributed by atoms with Gasteiger partial charge in [-0.1, -0.05) is 24.9 Å². The van der Waals surface area contributed by atoms with Gasteiger partial charge in [-0.15, -0.1) is 11.3 Å². The van der Waals surface area contributed by atoms with Crippen LogP contribution in [-0.4, -0.2) is 22.0 Å². The predicted octanol–water partition coefficient (Wildman–Crippen LogP) is 3.59. The maximum Gasteiger partial charge on any atom is 0.330 e. The van der Waals surface area contributed by atoms with E-state index in [9.17, 15) is 18.8 Å². The molecule has 7 nitrogen and oxygen atoms in total. The van der Waals surface area contributed by atoms with Gasteiger partial charge in [-0.2, -0.15) is 0 Å². The largest absolute Gasteiger partial charge is 0.383 e. The molecule has 0 atom stereocenters. The second-order valence-electron chi connectivity index (χ2n) is 6.43.